The minimum absolute atomic E-state index is 0.133. The average Bonchev–Trinajstić information content (AvgIpc) is 2.61. The van der Waals surface area contributed by atoms with Crippen LogP contribution in [0.3, 0.4) is 0 Å². The Kier molecular flexibility index (Phi) is 5.06. The largest absolute Gasteiger partial charge is 0.534 e. The van der Waals surface area contributed by atoms with Crippen LogP contribution in [0.1, 0.15) is 23.3 Å². The van der Waals surface area contributed by atoms with E-state index in [-0.39, 0.29) is 22.3 Å². The zero-order valence-electron chi connectivity index (χ0n) is 14.5. The monoisotopic (exact) mass is 503 g/mol. The highest BCUT2D eigenvalue weighted by Crippen LogP contribution is 2.44. The SMILES string of the molecule is COC(=O)c1c(OS(=O)(=O)C(F)(F)F)c2cc(F)c(Br)c3c2n(c1=O)[C@@H](C)CO3. The maximum Gasteiger partial charge on any atom is 0.534 e. The second-order valence-corrected chi connectivity index (χ2v) is 8.24. The minimum Gasteiger partial charge on any atom is -0.488 e. The molecule has 3 rings (SSSR count). The number of methoxy groups -OCH3 is 1. The van der Waals surface area contributed by atoms with E-state index >= 15 is 0 Å². The summed E-state index contributed by atoms with van der Waals surface area (Å²) >= 11 is 2.91. The Balaban J connectivity index is 2.55. The molecule has 1 aliphatic rings. The summed E-state index contributed by atoms with van der Waals surface area (Å²) in [7, 11) is -5.48. The molecule has 158 valence electrons. The summed E-state index contributed by atoms with van der Waals surface area (Å²) in [5.41, 5.74) is -8.44. The van der Waals surface area contributed by atoms with Crippen molar-refractivity contribution in [2.45, 2.75) is 18.5 Å². The Bertz CT molecular complexity index is 1210. The summed E-state index contributed by atoms with van der Waals surface area (Å²) in [4.78, 5) is 25.0. The standard InChI is InChI=1S/C15H10BrF4NO7S/c1-5-4-27-12-9(16)7(17)3-6-10(12)21(5)13(22)8(14(23)26-2)11(6)28-29(24,25)15(18,19)20/h3,5H,4H2,1-2H3/t5-/m0/s1. The smallest absolute Gasteiger partial charge is 0.488 e. The number of hydrogen-bond donors (Lipinski definition) is 0. The quantitative estimate of drug-likeness (QED) is 0.274. The molecule has 1 aromatic heterocycles. The molecule has 2 heterocycles. The van der Waals surface area contributed by atoms with Crippen LogP contribution >= 0.6 is 15.9 Å². The molecular formula is C15H10BrF4NO7S. The van der Waals surface area contributed by atoms with Crippen LogP contribution in [0, 0.1) is 5.82 Å². The van der Waals surface area contributed by atoms with E-state index in [9.17, 15) is 35.6 Å². The lowest BCUT2D eigenvalue weighted by Crippen LogP contribution is -2.36. The number of pyridine rings is 1. The molecule has 1 aromatic carbocycles. The number of nitrogens with zero attached hydrogens (tertiary/aromatic N) is 1. The fraction of sp³-hybridized carbons (Fsp3) is 0.333. The van der Waals surface area contributed by atoms with Gasteiger partial charge in [-0.2, -0.15) is 21.6 Å². The first-order valence-corrected chi connectivity index (χ1v) is 9.84. The normalized spacial score (nSPS) is 16.4. The fourth-order valence-corrected chi connectivity index (χ4v) is 3.72. The third kappa shape index (κ3) is 3.23. The molecule has 0 radical (unpaired) electrons. The van der Waals surface area contributed by atoms with E-state index in [1.165, 1.54) is 6.92 Å². The second kappa shape index (κ2) is 6.86. The van der Waals surface area contributed by atoms with Gasteiger partial charge >= 0.3 is 21.6 Å². The molecule has 29 heavy (non-hydrogen) atoms. The van der Waals surface area contributed by atoms with Crippen LogP contribution in [0.5, 0.6) is 11.5 Å². The molecule has 14 heteroatoms. The van der Waals surface area contributed by atoms with Crippen LogP contribution in [0.25, 0.3) is 10.9 Å². The number of hydrogen-bond acceptors (Lipinski definition) is 7. The molecule has 0 N–H and O–H groups in total. The Morgan fingerprint density at radius 3 is 2.55 bits per heavy atom. The van der Waals surface area contributed by atoms with Crippen LogP contribution < -0.4 is 14.5 Å². The highest BCUT2D eigenvalue weighted by Gasteiger charge is 2.50. The molecule has 0 saturated heterocycles. The first-order chi connectivity index (χ1) is 13.3. The van der Waals surface area contributed by atoms with Gasteiger partial charge in [0.2, 0.25) is 0 Å². The number of carbonyl (C=O) groups excluding carboxylic acids is 1. The molecule has 0 unspecified atom stereocenters. The zero-order chi connectivity index (χ0) is 21.9. The van der Waals surface area contributed by atoms with Crippen molar-refractivity contribution in [1.29, 1.82) is 0 Å². The molecule has 1 aliphatic heterocycles. The molecule has 8 nitrogen and oxygen atoms in total. The minimum atomic E-state index is -6.31. The van der Waals surface area contributed by atoms with Crippen molar-refractivity contribution in [3.05, 3.63) is 32.3 Å². The van der Waals surface area contributed by atoms with Gasteiger partial charge in [0, 0.05) is 0 Å². The molecule has 0 fully saturated rings. The van der Waals surface area contributed by atoms with Gasteiger partial charge in [-0.1, -0.05) is 0 Å². The van der Waals surface area contributed by atoms with Crippen LogP contribution in [-0.4, -0.2) is 38.2 Å². The number of carbonyl (C=O) groups is 1. The Hall–Kier alpha value is -2.35. The number of halogens is 5. The van der Waals surface area contributed by atoms with Crippen molar-refractivity contribution in [3.8, 4) is 11.5 Å². The van der Waals surface area contributed by atoms with Crippen molar-refractivity contribution in [1.82, 2.24) is 4.57 Å². The third-order valence-electron chi connectivity index (χ3n) is 4.07. The number of ether oxygens (including phenoxy) is 2. The van der Waals surface area contributed by atoms with Crippen LogP contribution in [0.4, 0.5) is 17.6 Å². The maximum absolute atomic E-state index is 14.4. The lowest BCUT2D eigenvalue weighted by Gasteiger charge is -2.28. The van der Waals surface area contributed by atoms with Crippen molar-refractivity contribution in [2.24, 2.45) is 0 Å². The van der Waals surface area contributed by atoms with Crippen molar-refractivity contribution >= 4 is 42.9 Å². The first kappa shape index (κ1) is 21.4. The predicted molar refractivity (Wildman–Crippen MR) is 93.0 cm³/mol. The van der Waals surface area contributed by atoms with Gasteiger partial charge in [0.1, 0.15) is 12.4 Å². The third-order valence-corrected chi connectivity index (χ3v) is 5.76. The van der Waals surface area contributed by atoms with Gasteiger partial charge in [-0.3, -0.25) is 9.36 Å². The second-order valence-electron chi connectivity index (χ2n) is 5.91. The summed E-state index contributed by atoms with van der Waals surface area (Å²) in [6.07, 6.45) is 0. The lowest BCUT2D eigenvalue weighted by molar-refractivity contribution is -0.0500. The van der Waals surface area contributed by atoms with Gasteiger partial charge in [0.05, 0.1) is 28.5 Å². The van der Waals surface area contributed by atoms with E-state index in [1.54, 1.807) is 0 Å². The number of alkyl halides is 3. The topological polar surface area (TPSA) is 101 Å². The van der Waals surface area contributed by atoms with Crippen molar-refractivity contribution in [2.75, 3.05) is 13.7 Å². The summed E-state index contributed by atoms with van der Waals surface area (Å²) in [5, 5.41) is -0.597. The zero-order valence-corrected chi connectivity index (χ0v) is 16.9. The maximum atomic E-state index is 14.4. The highest BCUT2D eigenvalue weighted by atomic mass is 79.9. The summed E-state index contributed by atoms with van der Waals surface area (Å²) in [5.74, 6) is -4.09. The van der Waals surface area contributed by atoms with E-state index in [1.807, 2.05) is 0 Å². The molecule has 0 aliphatic carbocycles. The van der Waals surface area contributed by atoms with Crippen LogP contribution in [0.15, 0.2) is 15.3 Å². The van der Waals surface area contributed by atoms with E-state index in [0.29, 0.717) is 6.07 Å². The molecule has 0 saturated carbocycles. The number of rotatable bonds is 3. The van der Waals surface area contributed by atoms with Gasteiger partial charge in [0.25, 0.3) is 5.56 Å². The summed E-state index contributed by atoms with van der Waals surface area (Å²) in [6.45, 7) is 1.36. The Labute approximate surface area is 168 Å². The Morgan fingerprint density at radius 2 is 2.00 bits per heavy atom. The van der Waals surface area contributed by atoms with Crippen LogP contribution in [0.2, 0.25) is 0 Å². The van der Waals surface area contributed by atoms with Crippen molar-refractivity contribution < 1.29 is 44.4 Å². The summed E-state index contributed by atoms with van der Waals surface area (Å²) < 4.78 is 90.7. The number of esters is 1. The molecule has 0 amide bonds. The average molecular weight is 504 g/mol. The molecule has 2 aromatic rings. The fourth-order valence-electron chi connectivity index (χ4n) is 2.82. The van der Waals surface area contributed by atoms with Gasteiger partial charge in [-0.25, -0.2) is 9.18 Å². The first-order valence-electron chi connectivity index (χ1n) is 7.63. The van der Waals surface area contributed by atoms with E-state index in [0.717, 1.165) is 11.7 Å². The van der Waals surface area contributed by atoms with Gasteiger partial charge in [-0.05, 0) is 28.9 Å². The molecule has 0 bridgehead atoms. The number of benzene rings is 1. The van der Waals surface area contributed by atoms with E-state index in [2.05, 4.69) is 24.8 Å². The highest BCUT2D eigenvalue weighted by molar-refractivity contribution is 9.10. The summed E-state index contributed by atoms with van der Waals surface area (Å²) in [6, 6.07) is -0.111. The van der Waals surface area contributed by atoms with E-state index < -0.39 is 55.7 Å². The molecular weight excluding hydrogens is 494 g/mol. The van der Waals surface area contributed by atoms with Gasteiger partial charge < -0.3 is 13.7 Å². The lowest BCUT2D eigenvalue weighted by atomic mass is 10.1. The van der Waals surface area contributed by atoms with E-state index in [4.69, 9.17) is 4.74 Å². The van der Waals surface area contributed by atoms with Gasteiger partial charge in [-0.15, -0.1) is 0 Å². The van der Waals surface area contributed by atoms with Crippen molar-refractivity contribution in [3.63, 3.8) is 0 Å². The number of aromatic nitrogens is 1. The predicted octanol–water partition coefficient (Wildman–Crippen LogP) is 2.87. The Morgan fingerprint density at radius 1 is 1.38 bits per heavy atom. The van der Waals surface area contributed by atoms with Crippen LogP contribution in [-0.2, 0) is 14.9 Å². The van der Waals surface area contributed by atoms with Gasteiger partial charge in [0.15, 0.2) is 17.1 Å². The molecule has 1 atom stereocenters. The molecule has 0 spiro atoms.